The molecule has 0 radical (unpaired) electrons. The van der Waals surface area contributed by atoms with Gasteiger partial charge in [-0.15, -0.1) is 0 Å². The average Bonchev–Trinajstić information content (AvgIpc) is 2.47. The van der Waals surface area contributed by atoms with Crippen LogP contribution in [0.2, 0.25) is 0 Å². The zero-order chi connectivity index (χ0) is 13.7. The third-order valence-electron chi connectivity index (χ3n) is 3.46. The minimum Gasteiger partial charge on any atom is -0.340 e. The summed E-state index contributed by atoms with van der Waals surface area (Å²) in [5.74, 6) is 0.141. The van der Waals surface area contributed by atoms with Crippen molar-refractivity contribution < 1.29 is 4.79 Å². The van der Waals surface area contributed by atoms with Crippen molar-refractivity contribution in [3.05, 3.63) is 35.4 Å². The molecule has 0 spiro atoms. The predicted molar refractivity (Wildman–Crippen MR) is 73.3 cm³/mol. The van der Waals surface area contributed by atoms with Crippen LogP contribution < -0.4 is 5.32 Å². The number of likely N-dealkylation sites (N-methyl/N-ethyl adjacent to an activating group) is 1. The zero-order valence-corrected chi connectivity index (χ0v) is 11.2. The molecular formula is C15H19N3O. The molecule has 1 aromatic carbocycles. The topological polar surface area (TPSA) is 56.1 Å². The van der Waals surface area contributed by atoms with Crippen molar-refractivity contribution >= 4 is 5.91 Å². The van der Waals surface area contributed by atoms with Gasteiger partial charge in [0.15, 0.2) is 0 Å². The van der Waals surface area contributed by atoms with Crippen LogP contribution in [0, 0.1) is 11.3 Å². The lowest BCUT2D eigenvalue weighted by molar-refractivity contribution is -0.133. The lowest BCUT2D eigenvalue weighted by atomic mass is 10.0. The molecule has 1 saturated heterocycles. The van der Waals surface area contributed by atoms with Gasteiger partial charge in [-0.2, -0.15) is 5.26 Å². The first-order valence-electron chi connectivity index (χ1n) is 6.68. The van der Waals surface area contributed by atoms with Crippen molar-refractivity contribution in [1.82, 2.24) is 10.2 Å². The number of carbonyl (C=O) groups is 1. The molecule has 1 N–H and O–H groups in total. The number of benzene rings is 1. The Morgan fingerprint density at radius 1 is 1.53 bits per heavy atom. The molecule has 4 nitrogen and oxygen atoms in total. The van der Waals surface area contributed by atoms with Gasteiger partial charge in [0.2, 0.25) is 5.91 Å². The van der Waals surface area contributed by atoms with Crippen LogP contribution in [0.1, 0.15) is 30.4 Å². The van der Waals surface area contributed by atoms with E-state index < -0.39 is 0 Å². The highest BCUT2D eigenvalue weighted by Crippen LogP contribution is 2.12. The summed E-state index contributed by atoms with van der Waals surface area (Å²) < 4.78 is 0. The lowest BCUT2D eigenvalue weighted by Crippen LogP contribution is -2.46. The fourth-order valence-electron chi connectivity index (χ4n) is 2.42. The van der Waals surface area contributed by atoms with Gasteiger partial charge in [0.25, 0.3) is 0 Å². The number of amides is 1. The summed E-state index contributed by atoms with van der Waals surface area (Å²) in [4.78, 5) is 14.0. The van der Waals surface area contributed by atoms with Crippen LogP contribution in [0.3, 0.4) is 0 Å². The quantitative estimate of drug-likeness (QED) is 0.896. The van der Waals surface area contributed by atoms with E-state index in [0.29, 0.717) is 12.1 Å². The molecule has 1 atom stereocenters. The smallest absolute Gasteiger partial charge is 0.239 e. The summed E-state index contributed by atoms with van der Waals surface area (Å²) in [6.07, 6.45) is 3.18. The highest BCUT2D eigenvalue weighted by atomic mass is 16.2. The summed E-state index contributed by atoms with van der Waals surface area (Å²) in [6, 6.07) is 9.47. The minimum atomic E-state index is -0.0436. The molecule has 0 bridgehead atoms. The SMILES string of the molecule is CN(Cc1cccc(C#N)c1)C(=O)[C@@H]1CCCCN1. The van der Waals surface area contributed by atoms with Crippen molar-refractivity contribution in [2.45, 2.75) is 31.8 Å². The van der Waals surface area contributed by atoms with Gasteiger partial charge in [0.05, 0.1) is 17.7 Å². The van der Waals surface area contributed by atoms with Gasteiger partial charge in [-0.05, 0) is 37.1 Å². The molecule has 1 aliphatic heterocycles. The predicted octanol–water partition coefficient (Wildman–Crippen LogP) is 1.66. The summed E-state index contributed by atoms with van der Waals surface area (Å²) in [5, 5.41) is 12.1. The molecule has 1 heterocycles. The van der Waals surface area contributed by atoms with Crippen LogP contribution in [0.25, 0.3) is 0 Å². The monoisotopic (exact) mass is 257 g/mol. The van der Waals surface area contributed by atoms with Gasteiger partial charge in [-0.25, -0.2) is 0 Å². The van der Waals surface area contributed by atoms with Crippen LogP contribution in [-0.2, 0) is 11.3 Å². The largest absolute Gasteiger partial charge is 0.340 e. The second-order valence-electron chi connectivity index (χ2n) is 5.01. The molecule has 4 heteroatoms. The van der Waals surface area contributed by atoms with Gasteiger partial charge >= 0.3 is 0 Å². The van der Waals surface area contributed by atoms with Crippen molar-refractivity contribution in [3.63, 3.8) is 0 Å². The molecule has 19 heavy (non-hydrogen) atoms. The number of rotatable bonds is 3. The van der Waals surface area contributed by atoms with E-state index in [1.807, 2.05) is 25.2 Å². The van der Waals surface area contributed by atoms with Crippen LogP contribution in [0.15, 0.2) is 24.3 Å². The molecule has 100 valence electrons. The Morgan fingerprint density at radius 2 is 2.37 bits per heavy atom. The van der Waals surface area contributed by atoms with E-state index in [2.05, 4.69) is 11.4 Å². The summed E-state index contributed by atoms with van der Waals surface area (Å²) in [7, 11) is 1.82. The minimum absolute atomic E-state index is 0.0436. The Labute approximate surface area is 114 Å². The van der Waals surface area contributed by atoms with Crippen molar-refractivity contribution in [1.29, 1.82) is 5.26 Å². The number of piperidine rings is 1. The fraction of sp³-hybridized carbons (Fsp3) is 0.467. The second-order valence-corrected chi connectivity index (χ2v) is 5.01. The first kappa shape index (κ1) is 13.6. The first-order chi connectivity index (χ1) is 9.20. The average molecular weight is 257 g/mol. The fourth-order valence-corrected chi connectivity index (χ4v) is 2.42. The summed E-state index contributed by atoms with van der Waals surface area (Å²) in [6.45, 7) is 1.47. The molecule has 0 unspecified atom stereocenters. The Balaban J connectivity index is 1.97. The molecule has 2 rings (SSSR count). The first-order valence-corrected chi connectivity index (χ1v) is 6.68. The Morgan fingerprint density at radius 3 is 3.05 bits per heavy atom. The van der Waals surface area contributed by atoms with E-state index in [4.69, 9.17) is 5.26 Å². The van der Waals surface area contributed by atoms with Crippen molar-refractivity contribution in [3.8, 4) is 6.07 Å². The molecule has 1 fully saturated rings. The van der Waals surface area contributed by atoms with Gasteiger partial charge in [0, 0.05) is 13.6 Å². The number of hydrogen-bond acceptors (Lipinski definition) is 3. The van der Waals surface area contributed by atoms with E-state index in [1.54, 1.807) is 11.0 Å². The maximum atomic E-state index is 12.3. The Hall–Kier alpha value is -1.86. The number of nitriles is 1. The van der Waals surface area contributed by atoms with Crippen LogP contribution in [0.5, 0.6) is 0 Å². The maximum Gasteiger partial charge on any atom is 0.239 e. The van der Waals surface area contributed by atoms with E-state index >= 15 is 0 Å². The Kier molecular flexibility index (Phi) is 4.53. The number of nitrogens with zero attached hydrogens (tertiary/aromatic N) is 2. The summed E-state index contributed by atoms with van der Waals surface area (Å²) in [5.41, 5.74) is 1.62. The number of nitrogens with one attached hydrogen (secondary N) is 1. The molecule has 1 amide bonds. The summed E-state index contributed by atoms with van der Waals surface area (Å²) >= 11 is 0. The second kappa shape index (κ2) is 6.35. The third kappa shape index (κ3) is 3.55. The Bertz CT molecular complexity index is 486. The van der Waals surface area contributed by atoms with Crippen molar-refractivity contribution in [2.75, 3.05) is 13.6 Å². The van der Waals surface area contributed by atoms with E-state index in [-0.39, 0.29) is 11.9 Å². The lowest BCUT2D eigenvalue weighted by Gasteiger charge is -2.27. The highest BCUT2D eigenvalue weighted by molar-refractivity contribution is 5.81. The van der Waals surface area contributed by atoms with E-state index in [1.165, 1.54) is 0 Å². The standard InChI is InChI=1S/C15H19N3O/c1-18(15(19)14-7-2-3-8-17-14)11-13-6-4-5-12(9-13)10-16/h4-6,9,14,17H,2-3,7-8,11H2,1H3/t14-/m0/s1. The van der Waals surface area contributed by atoms with Gasteiger partial charge in [0.1, 0.15) is 0 Å². The normalized spacial score (nSPS) is 18.6. The van der Waals surface area contributed by atoms with E-state index in [9.17, 15) is 4.79 Å². The molecular weight excluding hydrogens is 238 g/mol. The van der Waals surface area contributed by atoms with Gasteiger partial charge < -0.3 is 10.2 Å². The maximum absolute atomic E-state index is 12.3. The molecule has 1 aliphatic rings. The number of carbonyl (C=O) groups excluding carboxylic acids is 1. The van der Waals surface area contributed by atoms with Gasteiger partial charge in [-0.1, -0.05) is 18.6 Å². The number of hydrogen-bond donors (Lipinski definition) is 1. The molecule has 0 aliphatic carbocycles. The van der Waals surface area contributed by atoms with Crippen LogP contribution in [-0.4, -0.2) is 30.4 Å². The highest BCUT2D eigenvalue weighted by Gasteiger charge is 2.23. The molecule has 0 aromatic heterocycles. The van der Waals surface area contributed by atoms with Crippen LogP contribution >= 0.6 is 0 Å². The van der Waals surface area contributed by atoms with E-state index in [0.717, 1.165) is 31.4 Å². The van der Waals surface area contributed by atoms with Crippen molar-refractivity contribution in [2.24, 2.45) is 0 Å². The van der Waals surface area contributed by atoms with Gasteiger partial charge in [-0.3, -0.25) is 4.79 Å². The third-order valence-corrected chi connectivity index (χ3v) is 3.46. The molecule has 1 aromatic rings. The van der Waals surface area contributed by atoms with Crippen LogP contribution in [0.4, 0.5) is 0 Å². The zero-order valence-electron chi connectivity index (χ0n) is 11.2. The molecule has 0 saturated carbocycles.